The second-order valence-corrected chi connectivity index (χ2v) is 4.93. The molecule has 0 saturated carbocycles. The van der Waals surface area contributed by atoms with Crippen LogP contribution in [-0.2, 0) is 13.0 Å². The van der Waals surface area contributed by atoms with E-state index in [0.717, 1.165) is 22.7 Å². The number of aliphatic hydroxyl groups is 1. The highest BCUT2D eigenvalue weighted by Gasteiger charge is 2.10. The lowest BCUT2D eigenvalue weighted by Crippen LogP contribution is -1.85. The number of rotatable bonds is 3. The zero-order chi connectivity index (χ0) is 11.5. The van der Waals surface area contributed by atoms with E-state index < -0.39 is 0 Å². The summed E-state index contributed by atoms with van der Waals surface area (Å²) in [7, 11) is 0. The Morgan fingerprint density at radius 2 is 2.19 bits per heavy atom. The van der Waals surface area contributed by atoms with E-state index in [4.69, 9.17) is 5.11 Å². The first-order chi connectivity index (χ1) is 7.74. The predicted octanol–water partition coefficient (Wildman–Crippen LogP) is 3.17. The monoisotopic (exact) mass is 233 g/mol. The summed E-state index contributed by atoms with van der Waals surface area (Å²) in [6.45, 7) is 4.23. The van der Waals surface area contributed by atoms with Gasteiger partial charge in [0.15, 0.2) is 0 Å². The highest BCUT2D eigenvalue weighted by atomic mass is 32.1. The second-order valence-electron chi connectivity index (χ2n) is 3.76. The molecule has 2 aromatic rings. The van der Waals surface area contributed by atoms with Crippen LogP contribution in [0.15, 0.2) is 24.3 Å². The molecule has 0 saturated heterocycles. The van der Waals surface area contributed by atoms with Crippen LogP contribution in [-0.4, -0.2) is 10.1 Å². The number of thiazole rings is 1. The zero-order valence-electron chi connectivity index (χ0n) is 9.53. The van der Waals surface area contributed by atoms with Gasteiger partial charge in [0.05, 0.1) is 12.3 Å². The van der Waals surface area contributed by atoms with Gasteiger partial charge in [-0.15, -0.1) is 11.3 Å². The Labute approximate surface area is 99.6 Å². The average molecular weight is 233 g/mol. The van der Waals surface area contributed by atoms with Crippen molar-refractivity contribution in [2.75, 3.05) is 0 Å². The van der Waals surface area contributed by atoms with E-state index in [0.29, 0.717) is 0 Å². The van der Waals surface area contributed by atoms with Gasteiger partial charge < -0.3 is 5.11 Å². The van der Waals surface area contributed by atoms with Gasteiger partial charge in [0, 0.05) is 10.4 Å². The summed E-state index contributed by atoms with van der Waals surface area (Å²) in [5, 5.41) is 9.92. The third-order valence-corrected chi connectivity index (χ3v) is 3.67. The summed E-state index contributed by atoms with van der Waals surface area (Å²) < 4.78 is 0. The molecule has 0 amide bonds. The van der Waals surface area contributed by atoms with Gasteiger partial charge in [-0.2, -0.15) is 0 Å². The molecule has 1 N–H and O–H groups in total. The minimum atomic E-state index is 0.0312. The molecule has 16 heavy (non-hydrogen) atoms. The number of hydrogen-bond donors (Lipinski definition) is 1. The number of benzene rings is 1. The molecule has 0 aliphatic rings. The second kappa shape index (κ2) is 4.76. The van der Waals surface area contributed by atoms with Crippen molar-refractivity contribution in [2.24, 2.45) is 0 Å². The molecule has 0 radical (unpaired) electrons. The largest absolute Gasteiger partial charge is 0.389 e. The molecule has 3 heteroatoms. The maximum Gasteiger partial charge on any atom is 0.119 e. The average Bonchev–Trinajstić information content (AvgIpc) is 2.72. The van der Waals surface area contributed by atoms with Crippen LogP contribution in [0.5, 0.6) is 0 Å². The zero-order valence-corrected chi connectivity index (χ0v) is 10.3. The van der Waals surface area contributed by atoms with Crippen LogP contribution < -0.4 is 0 Å². The molecule has 0 spiro atoms. The molecule has 1 heterocycles. The minimum Gasteiger partial charge on any atom is -0.389 e. The highest BCUT2D eigenvalue weighted by molar-refractivity contribution is 7.12. The molecule has 0 fully saturated rings. The number of nitrogens with zero attached hydrogens (tertiary/aromatic N) is 1. The van der Waals surface area contributed by atoms with Gasteiger partial charge in [-0.05, 0) is 19.4 Å². The van der Waals surface area contributed by atoms with Crippen LogP contribution in [0.3, 0.4) is 0 Å². The molecule has 0 bridgehead atoms. The summed E-state index contributed by atoms with van der Waals surface area (Å²) in [4.78, 5) is 5.72. The molecular weight excluding hydrogens is 218 g/mol. The third kappa shape index (κ3) is 2.15. The van der Waals surface area contributed by atoms with E-state index in [2.05, 4.69) is 37.0 Å². The normalized spacial score (nSPS) is 10.7. The Kier molecular flexibility index (Phi) is 3.36. The van der Waals surface area contributed by atoms with E-state index in [1.54, 1.807) is 11.3 Å². The first kappa shape index (κ1) is 11.3. The number of aliphatic hydroxyl groups excluding tert-OH is 1. The lowest BCUT2D eigenvalue weighted by Gasteiger charge is -2.01. The first-order valence-corrected chi connectivity index (χ1v) is 6.22. The van der Waals surface area contributed by atoms with Crippen LogP contribution in [0.1, 0.15) is 22.4 Å². The topological polar surface area (TPSA) is 33.1 Å². The van der Waals surface area contributed by atoms with Crippen molar-refractivity contribution in [3.8, 4) is 11.3 Å². The van der Waals surface area contributed by atoms with Crippen LogP contribution in [0.25, 0.3) is 11.3 Å². The van der Waals surface area contributed by atoms with Crippen molar-refractivity contribution in [1.82, 2.24) is 4.98 Å². The van der Waals surface area contributed by atoms with Crippen LogP contribution in [0, 0.1) is 6.92 Å². The van der Waals surface area contributed by atoms with Gasteiger partial charge in [-0.25, -0.2) is 4.98 Å². The van der Waals surface area contributed by atoms with E-state index in [-0.39, 0.29) is 6.61 Å². The van der Waals surface area contributed by atoms with Crippen LogP contribution >= 0.6 is 11.3 Å². The Hall–Kier alpha value is -1.19. The lowest BCUT2D eigenvalue weighted by molar-refractivity contribution is 0.281. The van der Waals surface area contributed by atoms with Crippen LogP contribution in [0.4, 0.5) is 0 Å². The predicted molar refractivity (Wildman–Crippen MR) is 67.6 cm³/mol. The van der Waals surface area contributed by atoms with Gasteiger partial charge in [0.2, 0.25) is 0 Å². The summed E-state index contributed by atoms with van der Waals surface area (Å²) in [6.07, 6.45) is 0.959. The van der Waals surface area contributed by atoms with Gasteiger partial charge in [0.25, 0.3) is 0 Å². The van der Waals surface area contributed by atoms with Gasteiger partial charge in [0.1, 0.15) is 5.01 Å². The standard InChI is InChI=1S/C13H15NOS/c1-3-11-13(14-12(8-15)16-11)10-6-4-5-9(2)7-10/h4-7,15H,3,8H2,1-2H3. The molecule has 2 rings (SSSR count). The molecule has 0 aliphatic heterocycles. The Bertz CT molecular complexity index is 490. The van der Waals surface area contributed by atoms with Crippen molar-refractivity contribution in [2.45, 2.75) is 26.9 Å². The van der Waals surface area contributed by atoms with E-state index in [9.17, 15) is 0 Å². The Balaban J connectivity index is 2.50. The molecule has 0 atom stereocenters. The fourth-order valence-electron chi connectivity index (χ4n) is 1.73. The van der Waals surface area contributed by atoms with Crippen molar-refractivity contribution < 1.29 is 5.11 Å². The minimum absolute atomic E-state index is 0.0312. The first-order valence-electron chi connectivity index (χ1n) is 5.41. The van der Waals surface area contributed by atoms with Gasteiger partial charge >= 0.3 is 0 Å². The fourth-order valence-corrected chi connectivity index (χ4v) is 2.62. The molecular formula is C13H15NOS. The molecule has 1 aromatic heterocycles. The van der Waals surface area contributed by atoms with Crippen molar-refractivity contribution in [3.05, 3.63) is 39.7 Å². The summed E-state index contributed by atoms with van der Waals surface area (Å²) >= 11 is 1.60. The molecule has 1 aromatic carbocycles. The molecule has 84 valence electrons. The van der Waals surface area contributed by atoms with Gasteiger partial charge in [-0.1, -0.05) is 30.7 Å². The molecule has 2 nitrogen and oxygen atoms in total. The maximum absolute atomic E-state index is 9.12. The number of hydrogen-bond acceptors (Lipinski definition) is 3. The summed E-state index contributed by atoms with van der Waals surface area (Å²) in [5.41, 5.74) is 3.41. The number of aryl methyl sites for hydroxylation is 2. The molecule has 0 aliphatic carbocycles. The summed E-state index contributed by atoms with van der Waals surface area (Å²) in [6, 6.07) is 8.33. The Morgan fingerprint density at radius 1 is 1.38 bits per heavy atom. The van der Waals surface area contributed by atoms with Crippen molar-refractivity contribution in [3.63, 3.8) is 0 Å². The van der Waals surface area contributed by atoms with Crippen LogP contribution in [0.2, 0.25) is 0 Å². The van der Waals surface area contributed by atoms with E-state index in [1.807, 2.05) is 6.07 Å². The lowest BCUT2D eigenvalue weighted by atomic mass is 10.1. The number of aromatic nitrogens is 1. The quantitative estimate of drug-likeness (QED) is 0.883. The highest BCUT2D eigenvalue weighted by Crippen LogP contribution is 2.29. The molecule has 0 unspecified atom stereocenters. The van der Waals surface area contributed by atoms with Gasteiger partial charge in [-0.3, -0.25) is 0 Å². The smallest absolute Gasteiger partial charge is 0.119 e. The fraction of sp³-hybridized carbons (Fsp3) is 0.308. The third-order valence-electron chi connectivity index (χ3n) is 2.49. The van der Waals surface area contributed by atoms with E-state index >= 15 is 0 Å². The maximum atomic E-state index is 9.12. The van der Waals surface area contributed by atoms with Crippen molar-refractivity contribution in [1.29, 1.82) is 0 Å². The van der Waals surface area contributed by atoms with E-state index in [1.165, 1.54) is 10.4 Å². The SMILES string of the molecule is CCc1sc(CO)nc1-c1cccc(C)c1. The Morgan fingerprint density at radius 3 is 2.81 bits per heavy atom. The van der Waals surface area contributed by atoms with Crippen molar-refractivity contribution >= 4 is 11.3 Å². The summed E-state index contributed by atoms with van der Waals surface area (Å²) in [5.74, 6) is 0.